The van der Waals surface area contributed by atoms with Gasteiger partial charge in [0.05, 0.1) is 18.2 Å². The summed E-state index contributed by atoms with van der Waals surface area (Å²) in [6, 6.07) is 12.8. The number of alkyl carbamates (subject to hydrolysis) is 1. The Kier molecular flexibility index (Phi) is 14.7. The van der Waals surface area contributed by atoms with Crippen LogP contribution in [0.5, 0.6) is 5.75 Å². The van der Waals surface area contributed by atoms with Crippen LogP contribution < -0.4 is 21.3 Å². The van der Waals surface area contributed by atoms with Gasteiger partial charge in [-0.1, -0.05) is 56.3 Å². The number of ether oxygens (including phenoxy) is 1. The molecule has 0 bridgehead atoms. The van der Waals surface area contributed by atoms with Crippen molar-refractivity contribution >= 4 is 30.1 Å². The topological polar surface area (TPSA) is 183 Å². The molecule has 0 aliphatic carbocycles. The van der Waals surface area contributed by atoms with Crippen LogP contribution in [0, 0.1) is 5.92 Å². The molecule has 12 nitrogen and oxygen atoms in total. The first kappa shape index (κ1) is 34.7. The predicted molar refractivity (Wildman–Crippen MR) is 158 cm³/mol. The van der Waals surface area contributed by atoms with Crippen LogP contribution >= 0.6 is 0 Å². The minimum Gasteiger partial charge on any atom is -0.508 e. The summed E-state index contributed by atoms with van der Waals surface area (Å²) in [6.07, 6.45) is -0.0553. The van der Waals surface area contributed by atoms with Crippen molar-refractivity contribution in [3.05, 3.63) is 65.7 Å². The maximum Gasteiger partial charge on any atom is 0.407 e. The molecule has 2 aromatic rings. The predicted octanol–water partition coefficient (Wildman–Crippen LogP) is 1.63. The number of amides is 4. The van der Waals surface area contributed by atoms with Crippen molar-refractivity contribution in [2.45, 2.75) is 77.3 Å². The molecule has 0 saturated carbocycles. The Morgan fingerprint density at radius 1 is 0.860 bits per heavy atom. The van der Waals surface area contributed by atoms with E-state index in [4.69, 9.17) is 4.74 Å². The number of carbonyl (C=O) groups excluding carboxylic acids is 5. The highest BCUT2D eigenvalue weighted by molar-refractivity contribution is 5.87. The van der Waals surface area contributed by atoms with Gasteiger partial charge in [0, 0.05) is 19.4 Å². The van der Waals surface area contributed by atoms with Crippen LogP contribution in [0.4, 0.5) is 4.79 Å². The van der Waals surface area contributed by atoms with Gasteiger partial charge in [-0.25, -0.2) is 4.79 Å². The van der Waals surface area contributed by atoms with Gasteiger partial charge in [0.1, 0.15) is 18.4 Å². The molecule has 2 unspecified atom stereocenters. The second-order valence-corrected chi connectivity index (χ2v) is 10.5. The van der Waals surface area contributed by atoms with Crippen molar-refractivity contribution in [3.63, 3.8) is 0 Å². The first-order chi connectivity index (χ1) is 20.5. The molecule has 4 amide bonds. The Balaban J connectivity index is 1.87. The number of hydrogen-bond acceptors (Lipinski definition) is 8. The minimum absolute atomic E-state index is 0.00240. The fraction of sp³-hybridized carbons (Fsp3) is 0.452. The largest absolute Gasteiger partial charge is 0.508 e. The summed E-state index contributed by atoms with van der Waals surface area (Å²) < 4.78 is 5.09. The first-order valence-corrected chi connectivity index (χ1v) is 14.2. The minimum atomic E-state index is -1.14. The molecule has 0 aliphatic heterocycles. The molecule has 0 spiro atoms. The zero-order chi connectivity index (χ0) is 31.8. The lowest BCUT2D eigenvalue weighted by atomic mass is 9.97. The number of hydrogen-bond donors (Lipinski definition) is 6. The molecule has 6 N–H and O–H groups in total. The summed E-state index contributed by atoms with van der Waals surface area (Å²) in [5, 5.41) is 30.8. The average Bonchev–Trinajstić information content (AvgIpc) is 2.98. The summed E-state index contributed by atoms with van der Waals surface area (Å²) in [5.41, 5.74) is 1.53. The van der Waals surface area contributed by atoms with Crippen molar-refractivity contribution in [1.29, 1.82) is 0 Å². The SMILES string of the molecule is CC(NC(=O)CCNC(=O)OCc1ccccc1)C(=O)N[C@@H](Cc1ccc(O)cc1)[C@@H](O)CCC(=O)NC([C]=O)C(C)C. The fourth-order valence-corrected chi connectivity index (χ4v) is 3.97. The Labute approximate surface area is 251 Å². The van der Waals surface area contributed by atoms with Crippen LogP contribution in [-0.2, 0) is 36.9 Å². The van der Waals surface area contributed by atoms with Gasteiger partial charge >= 0.3 is 6.09 Å². The second-order valence-electron chi connectivity index (χ2n) is 10.5. The highest BCUT2D eigenvalue weighted by Crippen LogP contribution is 2.15. The van der Waals surface area contributed by atoms with E-state index in [0.717, 1.165) is 5.56 Å². The van der Waals surface area contributed by atoms with E-state index in [1.54, 1.807) is 32.3 Å². The van der Waals surface area contributed by atoms with Crippen LogP contribution in [-0.4, -0.2) is 71.1 Å². The quantitative estimate of drug-likeness (QED) is 0.159. The molecule has 12 heteroatoms. The smallest absolute Gasteiger partial charge is 0.407 e. The molecule has 233 valence electrons. The number of benzene rings is 2. The van der Waals surface area contributed by atoms with Crippen LogP contribution in [0.3, 0.4) is 0 Å². The molecule has 2 aromatic carbocycles. The van der Waals surface area contributed by atoms with E-state index in [9.17, 15) is 34.2 Å². The van der Waals surface area contributed by atoms with Gasteiger partial charge in [0.2, 0.25) is 24.0 Å². The van der Waals surface area contributed by atoms with Crippen molar-refractivity contribution in [2.24, 2.45) is 5.92 Å². The van der Waals surface area contributed by atoms with Crippen LogP contribution in [0.2, 0.25) is 0 Å². The molecule has 0 saturated heterocycles. The Hall–Kier alpha value is -4.45. The van der Waals surface area contributed by atoms with Gasteiger partial charge < -0.3 is 36.2 Å². The van der Waals surface area contributed by atoms with Crippen LogP contribution in [0.1, 0.15) is 51.2 Å². The highest BCUT2D eigenvalue weighted by atomic mass is 16.5. The number of aliphatic hydroxyl groups is 1. The Morgan fingerprint density at radius 2 is 1.51 bits per heavy atom. The molecule has 0 fully saturated rings. The second kappa shape index (κ2) is 18.2. The normalized spacial score (nSPS) is 13.6. The maximum atomic E-state index is 12.9. The van der Waals surface area contributed by atoms with Gasteiger partial charge in [-0.2, -0.15) is 0 Å². The number of phenolic OH excluding ortho intramolecular Hbond substituents is 1. The number of carbonyl (C=O) groups is 4. The van der Waals surface area contributed by atoms with Crippen molar-refractivity contribution in [2.75, 3.05) is 6.54 Å². The average molecular weight is 598 g/mol. The molecule has 43 heavy (non-hydrogen) atoms. The van der Waals surface area contributed by atoms with E-state index in [2.05, 4.69) is 21.3 Å². The molecule has 1 radical (unpaired) electrons. The number of nitrogens with one attached hydrogen (secondary N) is 4. The molecule has 2 rings (SSSR count). The molecule has 0 aliphatic rings. The molecule has 0 heterocycles. The third-order valence-electron chi connectivity index (χ3n) is 6.57. The summed E-state index contributed by atoms with van der Waals surface area (Å²) in [5.74, 6) is -1.57. The third kappa shape index (κ3) is 13.4. The molecular weight excluding hydrogens is 556 g/mol. The number of phenols is 1. The lowest BCUT2D eigenvalue weighted by molar-refractivity contribution is -0.129. The zero-order valence-electron chi connectivity index (χ0n) is 24.7. The summed E-state index contributed by atoms with van der Waals surface area (Å²) in [6.45, 7) is 5.11. The maximum absolute atomic E-state index is 12.9. The number of rotatable bonds is 17. The zero-order valence-corrected chi connectivity index (χ0v) is 24.7. The summed E-state index contributed by atoms with van der Waals surface area (Å²) in [4.78, 5) is 60.6. The molecule has 4 atom stereocenters. The van der Waals surface area contributed by atoms with E-state index < -0.39 is 48.0 Å². The van der Waals surface area contributed by atoms with Crippen molar-refractivity contribution in [1.82, 2.24) is 21.3 Å². The molecule has 0 aromatic heterocycles. The highest BCUT2D eigenvalue weighted by Gasteiger charge is 2.26. The van der Waals surface area contributed by atoms with Crippen molar-refractivity contribution < 1.29 is 38.9 Å². The van der Waals surface area contributed by atoms with E-state index in [1.807, 2.05) is 30.3 Å². The van der Waals surface area contributed by atoms with E-state index >= 15 is 0 Å². The monoisotopic (exact) mass is 597 g/mol. The van der Waals surface area contributed by atoms with Gasteiger partial charge in [-0.15, -0.1) is 0 Å². The van der Waals surface area contributed by atoms with Crippen molar-refractivity contribution in [3.8, 4) is 5.75 Å². The lowest BCUT2D eigenvalue weighted by Gasteiger charge is -2.26. The van der Waals surface area contributed by atoms with Crippen LogP contribution in [0.15, 0.2) is 54.6 Å². The summed E-state index contributed by atoms with van der Waals surface area (Å²) in [7, 11) is 0. The first-order valence-electron chi connectivity index (χ1n) is 14.2. The Morgan fingerprint density at radius 3 is 2.14 bits per heavy atom. The van der Waals surface area contributed by atoms with Gasteiger partial charge in [-0.05, 0) is 48.9 Å². The Bertz CT molecular complexity index is 1190. The van der Waals surface area contributed by atoms with Crippen LogP contribution in [0.25, 0.3) is 0 Å². The summed E-state index contributed by atoms with van der Waals surface area (Å²) >= 11 is 0. The molecular formula is C31H41N4O8. The number of aromatic hydroxyl groups is 1. The van der Waals surface area contributed by atoms with E-state index in [1.165, 1.54) is 19.1 Å². The lowest BCUT2D eigenvalue weighted by Crippen LogP contribution is -2.52. The van der Waals surface area contributed by atoms with E-state index in [0.29, 0.717) is 5.56 Å². The van der Waals surface area contributed by atoms with Gasteiger partial charge in [0.25, 0.3) is 0 Å². The van der Waals surface area contributed by atoms with Gasteiger partial charge in [0.15, 0.2) is 0 Å². The van der Waals surface area contributed by atoms with Gasteiger partial charge in [-0.3, -0.25) is 19.2 Å². The third-order valence-corrected chi connectivity index (χ3v) is 6.57. The van der Waals surface area contributed by atoms with E-state index in [-0.39, 0.29) is 50.5 Å². The number of aliphatic hydroxyl groups excluding tert-OH is 1. The standard InChI is InChI=1S/C31H41N4O8/c1-20(2)26(18-36)34-28(39)14-13-27(38)25(17-22-9-11-24(37)12-10-22)35-30(41)21(3)33-29(40)15-16-32-31(42)43-19-23-7-5-4-6-8-23/h4-12,20-21,25-27,37-38H,13-17,19H2,1-3H3,(H,32,42)(H,33,40)(H,34,39)(H,35,41)/t21?,25-,26?,27-/m0/s1. The fourth-order valence-electron chi connectivity index (χ4n) is 3.97.